The zero-order valence-corrected chi connectivity index (χ0v) is 11.3. The Bertz CT molecular complexity index is 683. The van der Waals surface area contributed by atoms with E-state index in [1.165, 1.54) is 0 Å². The Balaban J connectivity index is 2.17. The average molecular weight is 286 g/mol. The molecule has 0 saturated carbocycles. The Kier molecular flexibility index (Phi) is 3.39. The summed E-state index contributed by atoms with van der Waals surface area (Å²) in [6.07, 6.45) is 0. The highest BCUT2D eigenvalue weighted by Crippen LogP contribution is 2.24. The molecule has 2 aromatic carbocycles. The first-order chi connectivity index (χ1) is 9.74. The van der Waals surface area contributed by atoms with E-state index in [4.69, 9.17) is 11.6 Å². The van der Waals surface area contributed by atoms with Crippen molar-refractivity contribution in [1.29, 1.82) is 0 Å². The summed E-state index contributed by atoms with van der Waals surface area (Å²) < 4.78 is 0. The molecule has 0 aliphatic carbocycles. The molecule has 2 aromatic rings. The van der Waals surface area contributed by atoms with Crippen LogP contribution in [0.3, 0.4) is 0 Å². The lowest BCUT2D eigenvalue weighted by atomic mass is 10.0. The predicted octanol–water partition coefficient (Wildman–Crippen LogP) is 2.63. The summed E-state index contributed by atoms with van der Waals surface area (Å²) in [4.78, 5) is 11.7. The minimum Gasteiger partial charge on any atom is -0.324 e. The molecule has 3 rings (SSSR count). The van der Waals surface area contributed by atoms with Crippen LogP contribution in [-0.2, 0) is 4.79 Å². The largest absolute Gasteiger partial charge is 0.324 e. The Morgan fingerprint density at radius 1 is 1.10 bits per heavy atom. The fourth-order valence-corrected chi connectivity index (χ4v) is 2.25. The van der Waals surface area contributed by atoms with Crippen LogP contribution in [-0.4, -0.2) is 18.2 Å². The highest BCUT2D eigenvalue weighted by atomic mass is 35.5. The number of rotatable bonds is 1. The second-order valence-corrected chi connectivity index (χ2v) is 4.84. The number of hydrazone groups is 1. The lowest BCUT2D eigenvalue weighted by Crippen LogP contribution is -2.29. The molecule has 0 bridgehead atoms. The third kappa shape index (κ3) is 2.51. The monoisotopic (exact) mass is 285 g/mol. The molecule has 100 valence electrons. The van der Waals surface area contributed by atoms with Gasteiger partial charge in [-0.25, -0.2) is 0 Å². The maximum absolute atomic E-state index is 11.7. The second kappa shape index (κ2) is 5.35. The minimum atomic E-state index is -0.135. The molecular weight excluding hydrogens is 274 g/mol. The first-order valence-electron chi connectivity index (χ1n) is 6.20. The van der Waals surface area contributed by atoms with Crippen molar-refractivity contribution >= 4 is 28.9 Å². The van der Waals surface area contributed by atoms with Crippen molar-refractivity contribution in [3.8, 4) is 0 Å². The molecule has 5 heteroatoms. The number of fused-ring (bicyclic) bond motifs is 1. The van der Waals surface area contributed by atoms with E-state index in [9.17, 15) is 4.79 Å². The van der Waals surface area contributed by atoms with Crippen LogP contribution in [0.1, 0.15) is 11.1 Å². The first kappa shape index (κ1) is 12.7. The molecule has 2 N–H and O–H groups in total. The van der Waals surface area contributed by atoms with Crippen molar-refractivity contribution in [1.82, 2.24) is 5.43 Å². The maximum Gasteiger partial charge on any atom is 0.245 e. The standard InChI is InChI=1S/C15H12ClN3O/c16-11-6-7-13-12(8-11)15(10-4-2-1-3-5-10)19-17-9-14(20)18-13/h1-8,17H,9H2,(H,18,20). The van der Waals surface area contributed by atoms with Gasteiger partial charge >= 0.3 is 0 Å². The highest BCUT2D eigenvalue weighted by Gasteiger charge is 2.16. The third-order valence-corrected chi connectivity index (χ3v) is 3.22. The van der Waals surface area contributed by atoms with Gasteiger partial charge in [-0.2, -0.15) is 5.10 Å². The molecule has 1 amide bonds. The first-order valence-corrected chi connectivity index (χ1v) is 6.57. The van der Waals surface area contributed by atoms with Crippen molar-refractivity contribution in [3.63, 3.8) is 0 Å². The van der Waals surface area contributed by atoms with Crippen LogP contribution in [0.15, 0.2) is 53.6 Å². The van der Waals surface area contributed by atoms with Crippen LogP contribution in [0.5, 0.6) is 0 Å². The molecule has 1 aliphatic rings. The van der Waals surface area contributed by atoms with Crippen molar-refractivity contribution in [3.05, 3.63) is 64.7 Å². The third-order valence-electron chi connectivity index (χ3n) is 2.99. The molecular formula is C15H12ClN3O. The van der Waals surface area contributed by atoms with Crippen molar-refractivity contribution in [2.45, 2.75) is 0 Å². The number of carbonyl (C=O) groups excluding carboxylic acids is 1. The summed E-state index contributed by atoms with van der Waals surface area (Å²) in [5.41, 5.74) is 6.00. The molecule has 0 fully saturated rings. The molecule has 0 atom stereocenters. The Morgan fingerprint density at radius 3 is 2.70 bits per heavy atom. The summed E-state index contributed by atoms with van der Waals surface area (Å²) in [5, 5.41) is 7.78. The number of nitrogens with one attached hydrogen (secondary N) is 2. The lowest BCUT2D eigenvalue weighted by molar-refractivity contribution is -0.115. The Morgan fingerprint density at radius 2 is 1.90 bits per heavy atom. The summed E-state index contributed by atoms with van der Waals surface area (Å²) in [7, 11) is 0. The van der Waals surface area contributed by atoms with Gasteiger partial charge in [-0.1, -0.05) is 41.9 Å². The highest BCUT2D eigenvalue weighted by molar-refractivity contribution is 6.31. The van der Waals surface area contributed by atoms with Gasteiger partial charge in [0.25, 0.3) is 0 Å². The van der Waals surface area contributed by atoms with Gasteiger partial charge in [0.15, 0.2) is 0 Å². The van der Waals surface area contributed by atoms with Crippen LogP contribution >= 0.6 is 11.6 Å². The van der Waals surface area contributed by atoms with Crippen molar-refractivity contribution < 1.29 is 4.79 Å². The number of nitrogens with zero attached hydrogens (tertiary/aromatic N) is 1. The number of halogens is 1. The van der Waals surface area contributed by atoms with Crippen LogP contribution in [0.2, 0.25) is 5.02 Å². The van der Waals surface area contributed by atoms with E-state index in [2.05, 4.69) is 15.8 Å². The molecule has 0 spiro atoms. The zero-order valence-electron chi connectivity index (χ0n) is 10.6. The number of hydrogen-bond acceptors (Lipinski definition) is 3. The van der Waals surface area contributed by atoms with Gasteiger partial charge < -0.3 is 10.7 Å². The fraction of sp³-hybridized carbons (Fsp3) is 0.0667. The second-order valence-electron chi connectivity index (χ2n) is 4.40. The summed E-state index contributed by atoms with van der Waals surface area (Å²) >= 11 is 6.07. The normalized spacial score (nSPS) is 14.2. The summed E-state index contributed by atoms with van der Waals surface area (Å²) in [5.74, 6) is -0.135. The van der Waals surface area contributed by atoms with E-state index >= 15 is 0 Å². The van der Waals surface area contributed by atoms with Gasteiger partial charge in [0, 0.05) is 16.1 Å². The van der Waals surface area contributed by atoms with Gasteiger partial charge in [0.2, 0.25) is 5.91 Å². The lowest BCUT2D eigenvalue weighted by Gasteiger charge is -2.17. The fourth-order valence-electron chi connectivity index (χ4n) is 2.08. The van der Waals surface area contributed by atoms with Crippen LogP contribution < -0.4 is 10.7 Å². The number of benzene rings is 2. The molecule has 0 saturated heterocycles. The van der Waals surface area contributed by atoms with E-state index in [-0.39, 0.29) is 12.5 Å². The van der Waals surface area contributed by atoms with Gasteiger partial charge in [0.05, 0.1) is 11.4 Å². The topological polar surface area (TPSA) is 53.5 Å². The van der Waals surface area contributed by atoms with Crippen molar-refractivity contribution in [2.24, 2.45) is 5.10 Å². The van der Waals surface area contributed by atoms with Crippen molar-refractivity contribution in [2.75, 3.05) is 11.9 Å². The van der Waals surface area contributed by atoms with E-state index in [1.807, 2.05) is 30.3 Å². The van der Waals surface area contributed by atoms with E-state index in [1.54, 1.807) is 18.2 Å². The van der Waals surface area contributed by atoms with Gasteiger partial charge in [-0.15, -0.1) is 0 Å². The predicted molar refractivity (Wildman–Crippen MR) is 80.2 cm³/mol. The van der Waals surface area contributed by atoms with E-state index in [0.717, 1.165) is 16.8 Å². The van der Waals surface area contributed by atoms with E-state index < -0.39 is 0 Å². The van der Waals surface area contributed by atoms with Gasteiger partial charge in [-0.3, -0.25) is 4.79 Å². The molecule has 1 aliphatic heterocycles. The van der Waals surface area contributed by atoms with Gasteiger partial charge in [0.1, 0.15) is 6.54 Å². The summed E-state index contributed by atoms with van der Waals surface area (Å²) in [6, 6.07) is 15.1. The number of carbonyl (C=O) groups is 1. The Hall–Kier alpha value is -2.33. The number of anilines is 1. The average Bonchev–Trinajstić information content (AvgIpc) is 2.45. The molecule has 4 nitrogen and oxygen atoms in total. The SMILES string of the molecule is O=C1CNN=C(c2ccccc2)c2cc(Cl)ccc2N1. The summed E-state index contributed by atoms with van der Waals surface area (Å²) in [6.45, 7) is 0.137. The van der Waals surface area contributed by atoms with Crippen LogP contribution in [0.4, 0.5) is 5.69 Å². The minimum absolute atomic E-state index is 0.135. The van der Waals surface area contributed by atoms with Crippen LogP contribution in [0, 0.1) is 0 Å². The number of amides is 1. The quantitative estimate of drug-likeness (QED) is 0.846. The number of hydrogen-bond donors (Lipinski definition) is 2. The molecule has 0 radical (unpaired) electrons. The Labute approximate surface area is 121 Å². The molecule has 0 aromatic heterocycles. The van der Waals surface area contributed by atoms with E-state index in [0.29, 0.717) is 10.7 Å². The smallest absolute Gasteiger partial charge is 0.245 e. The maximum atomic E-state index is 11.7. The molecule has 1 heterocycles. The zero-order chi connectivity index (χ0) is 13.9. The molecule has 20 heavy (non-hydrogen) atoms. The van der Waals surface area contributed by atoms with Crippen LogP contribution in [0.25, 0.3) is 0 Å². The van der Waals surface area contributed by atoms with Gasteiger partial charge in [-0.05, 0) is 18.2 Å². The molecule has 0 unspecified atom stereocenters.